The summed E-state index contributed by atoms with van der Waals surface area (Å²) in [5, 5.41) is 11.4. The fraction of sp³-hybridized carbons (Fsp3) is 0.800. The van der Waals surface area contributed by atoms with Gasteiger partial charge in [-0.2, -0.15) is 0 Å². The van der Waals surface area contributed by atoms with Crippen LogP contribution in [-0.4, -0.2) is 52.7 Å². The Kier molecular flexibility index (Phi) is 4.63. The number of carbonyl (C=O) groups is 3. The number of rotatable bonds is 3. The first-order chi connectivity index (χ1) is 10.2. The summed E-state index contributed by atoms with van der Waals surface area (Å²) in [5.41, 5.74) is -0.535. The fourth-order valence-corrected chi connectivity index (χ4v) is 3.00. The van der Waals surface area contributed by atoms with E-state index < -0.39 is 23.5 Å². The normalized spacial score (nSPS) is 28.6. The average Bonchev–Trinajstić information content (AvgIpc) is 2.40. The van der Waals surface area contributed by atoms with E-state index in [0.29, 0.717) is 19.5 Å². The zero-order chi connectivity index (χ0) is 16.5. The van der Waals surface area contributed by atoms with Crippen molar-refractivity contribution in [2.75, 3.05) is 13.1 Å². The molecule has 0 aromatic rings. The van der Waals surface area contributed by atoms with Crippen molar-refractivity contribution in [2.24, 2.45) is 11.8 Å². The smallest absolute Gasteiger partial charge is 0.410 e. The second-order valence-corrected chi connectivity index (χ2v) is 7.10. The van der Waals surface area contributed by atoms with Crippen molar-refractivity contribution in [3.8, 4) is 0 Å². The first kappa shape index (κ1) is 16.6. The van der Waals surface area contributed by atoms with E-state index in [0.717, 1.165) is 12.8 Å². The number of carbonyl (C=O) groups excluding carboxylic acids is 2. The number of β-lactam (4-membered cyclic amide) rings is 1. The van der Waals surface area contributed by atoms with Gasteiger partial charge in [0.15, 0.2) is 0 Å². The minimum absolute atomic E-state index is 0.138. The van der Waals surface area contributed by atoms with Gasteiger partial charge in [-0.25, -0.2) is 9.59 Å². The van der Waals surface area contributed by atoms with Crippen molar-refractivity contribution in [3.63, 3.8) is 0 Å². The Morgan fingerprint density at radius 2 is 2.09 bits per heavy atom. The number of carboxylic acids is 1. The van der Waals surface area contributed by atoms with E-state index in [1.807, 2.05) is 20.8 Å². The number of hydrogen-bond acceptors (Lipinski definition) is 4. The molecule has 2 aliphatic rings. The zero-order valence-corrected chi connectivity index (χ0v) is 13.3. The molecular formula is C15H24N2O5. The zero-order valence-electron chi connectivity index (χ0n) is 13.3. The van der Waals surface area contributed by atoms with Gasteiger partial charge >= 0.3 is 12.1 Å². The molecule has 2 heterocycles. The molecule has 2 saturated heterocycles. The molecule has 2 aliphatic heterocycles. The molecular weight excluding hydrogens is 288 g/mol. The molecule has 0 aromatic heterocycles. The summed E-state index contributed by atoms with van der Waals surface area (Å²) in [6.07, 6.45) is 1.90. The molecule has 2 amide bonds. The van der Waals surface area contributed by atoms with Crippen molar-refractivity contribution in [3.05, 3.63) is 0 Å². The highest BCUT2D eigenvalue weighted by molar-refractivity contribution is 5.96. The van der Waals surface area contributed by atoms with Gasteiger partial charge in [-0.1, -0.05) is 0 Å². The van der Waals surface area contributed by atoms with Crippen LogP contribution in [0.15, 0.2) is 0 Å². The van der Waals surface area contributed by atoms with Crippen LogP contribution in [0.1, 0.15) is 40.0 Å². The van der Waals surface area contributed by atoms with Crippen LogP contribution in [0.4, 0.5) is 4.79 Å². The number of nitrogens with zero attached hydrogens (tertiary/aromatic N) is 1. The molecule has 0 aliphatic carbocycles. The maximum atomic E-state index is 12.1. The van der Waals surface area contributed by atoms with Gasteiger partial charge in [0.1, 0.15) is 11.6 Å². The average molecular weight is 312 g/mol. The van der Waals surface area contributed by atoms with E-state index in [-0.39, 0.29) is 17.9 Å². The van der Waals surface area contributed by atoms with E-state index in [4.69, 9.17) is 9.84 Å². The number of hydrogen-bond donors (Lipinski definition) is 2. The Labute approximate surface area is 130 Å². The van der Waals surface area contributed by atoms with Crippen molar-refractivity contribution in [1.82, 2.24) is 10.2 Å². The molecule has 124 valence electrons. The van der Waals surface area contributed by atoms with Gasteiger partial charge in [0.2, 0.25) is 5.91 Å². The van der Waals surface area contributed by atoms with Crippen LogP contribution in [0.5, 0.6) is 0 Å². The number of carboxylic acid groups (broad SMARTS) is 1. The standard InChI is InChI=1S/C15H24N2O5/c1-15(2,3)22-14(21)17-6-4-5-9(8-17)7-10-11(13(19)20)16-12(10)18/h9-11H,4-8H2,1-3H3,(H,16,18)(H,19,20)/t9?,10-,11?/m1/s1. The van der Waals surface area contributed by atoms with Gasteiger partial charge in [-0.3, -0.25) is 4.79 Å². The molecule has 0 spiro atoms. The lowest BCUT2D eigenvalue weighted by molar-refractivity contribution is -0.154. The summed E-state index contributed by atoms with van der Waals surface area (Å²) in [4.78, 5) is 36.3. The lowest BCUT2D eigenvalue weighted by Crippen LogP contribution is -2.62. The summed E-state index contributed by atoms with van der Waals surface area (Å²) in [5.74, 6) is -1.55. The Hall–Kier alpha value is -1.79. The fourth-order valence-electron chi connectivity index (χ4n) is 3.00. The minimum Gasteiger partial charge on any atom is -0.480 e. The predicted molar refractivity (Wildman–Crippen MR) is 78.2 cm³/mol. The Bertz CT molecular complexity index is 471. The van der Waals surface area contributed by atoms with Crippen LogP contribution in [0.2, 0.25) is 0 Å². The third kappa shape index (κ3) is 3.90. The van der Waals surface area contributed by atoms with E-state index in [1.165, 1.54) is 0 Å². The maximum absolute atomic E-state index is 12.1. The van der Waals surface area contributed by atoms with E-state index >= 15 is 0 Å². The molecule has 22 heavy (non-hydrogen) atoms. The largest absolute Gasteiger partial charge is 0.480 e. The SMILES string of the molecule is CC(C)(C)OC(=O)N1CCCC(C[C@H]2C(=O)NC2C(=O)O)C1. The van der Waals surface area contributed by atoms with Crippen LogP contribution in [0.25, 0.3) is 0 Å². The van der Waals surface area contributed by atoms with Crippen LogP contribution < -0.4 is 5.32 Å². The van der Waals surface area contributed by atoms with Crippen LogP contribution in [0.3, 0.4) is 0 Å². The molecule has 7 heteroatoms. The van der Waals surface area contributed by atoms with Crippen molar-refractivity contribution in [1.29, 1.82) is 0 Å². The predicted octanol–water partition coefficient (Wildman–Crippen LogP) is 1.22. The summed E-state index contributed by atoms with van der Waals surface area (Å²) in [6.45, 7) is 6.63. The third-order valence-corrected chi connectivity index (χ3v) is 4.06. The van der Waals surface area contributed by atoms with Gasteiger partial charge in [0, 0.05) is 13.1 Å². The highest BCUT2D eigenvalue weighted by Gasteiger charge is 2.45. The van der Waals surface area contributed by atoms with Crippen LogP contribution in [0, 0.1) is 11.8 Å². The lowest BCUT2D eigenvalue weighted by atomic mass is 9.80. The van der Waals surface area contributed by atoms with Gasteiger partial charge in [-0.15, -0.1) is 0 Å². The number of piperidine rings is 1. The molecule has 0 bridgehead atoms. The molecule has 2 unspecified atom stereocenters. The highest BCUT2D eigenvalue weighted by atomic mass is 16.6. The van der Waals surface area contributed by atoms with Crippen LogP contribution in [-0.2, 0) is 14.3 Å². The molecule has 3 atom stereocenters. The van der Waals surface area contributed by atoms with Gasteiger partial charge in [-0.05, 0) is 46.0 Å². The number of amides is 2. The van der Waals surface area contributed by atoms with E-state index in [9.17, 15) is 14.4 Å². The van der Waals surface area contributed by atoms with Gasteiger partial charge in [0.25, 0.3) is 0 Å². The topological polar surface area (TPSA) is 95.9 Å². The minimum atomic E-state index is -0.996. The van der Waals surface area contributed by atoms with E-state index in [2.05, 4.69) is 5.32 Å². The first-order valence-corrected chi connectivity index (χ1v) is 7.68. The summed E-state index contributed by atoms with van der Waals surface area (Å²) >= 11 is 0. The molecule has 2 N–H and O–H groups in total. The molecule has 0 radical (unpaired) electrons. The lowest BCUT2D eigenvalue weighted by Gasteiger charge is -2.39. The Balaban J connectivity index is 1.89. The number of aliphatic carboxylic acids is 1. The monoisotopic (exact) mass is 312 g/mol. The summed E-state index contributed by atoms with van der Waals surface area (Å²) in [7, 11) is 0. The number of ether oxygens (including phenoxy) is 1. The quantitative estimate of drug-likeness (QED) is 0.764. The van der Waals surface area contributed by atoms with Gasteiger partial charge < -0.3 is 20.1 Å². The summed E-state index contributed by atoms with van der Waals surface area (Å²) in [6, 6.07) is -0.788. The second-order valence-electron chi connectivity index (χ2n) is 7.10. The molecule has 7 nitrogen and oxygen atoms in total. The van der Waals surface area contributed by atoms with Crippen LogP contribution >= 0.6 is 0 Å². The Morgan fingerprint density at radius 3 is 2.64 bits per heavy atom. The van der Waals surface area contributed by atoms with Crippen molar-refractivity contribution < 1.29 is 24.2 Å². The Morgan fingerprint density at radius 1 is 1.41 bits per heavy atom. The molecule has 0 saturated carbocycles. The first-order valence-electron chi connectivity index (χ1n) is 7.68. The van der Waals surface area contributed by atoms with Crippen molar-refractivity contribution >= 4 is 18.0 Å². The van der Waals surface area contributed by atoms with Gasteiger partial charge in [0.05, 0.1) is 5.92 Å². The second kappa shape index (κ2) is 6.14. The number of likely N-dealkylation sites (tertiary alicyclic amines) is 1. The number of nitrogens with one attached hydrogen (secondary N) is 1. The highest BCUT2D eigenvalue weighted by Crippen LogP contribution is 2.29. The van der Waals surface area contributed by atoms with Crippen molar-refractivity contribution in [2.45, 2.75) is 51.7 Å². The maximum Gasteiger partial charge on any atom is 0.410 e. The van der Waals surface area contributed by atoms with E-state index in [1.54, 1.807) is 4.90 Å². The molecule has 2 rings (SSSR count). The third-order valence-electron chi connectivity index (χ3n) is 4.06. The summed E-state index contributed by atoms with van der Waals surface area (Å²) < 4.78 is 5.36. The molecule has 0 aromatic carbocycles. The molecule has 2 fully saturated rings.